The molecule has 0 bridgehead atoms. The topological polar surface area (TPSA) is 155 Å². The number of aryl methyl sites for hydroxylation is 4. The van der Waals surface area contributed by atoms with E-state index >= 15 is 0 Å². The summed E-state index contributed by atoms with van der Waals surface area (Å²) < 4.78 is 0. The van der Waals surface area contributed by atoms with Gasteiger partial charge in [-0.05, 0) is 173 Å². The van der Waals surface area contributed by atoms with Gasteiger partial charge in [0.05, 0.1) is 11.4 Å². The molecular weight excluding hydrogens is 2370 g/mol. The van der Waals surface area contributed by atoms with Crippen molar-refractivity contribution in [3.63, 3.8) is 0 Å². The maximum absolute atomic E-state index is 4.74. The first-order valence-electron chi connectivity index (χ1n) is 43.3. The minimum absolute atomic E-state index is 0. The summed E-state index contributed by atoms with van der Waals surface area (Å²) >= 11 is 0. The molecule has 20 aromatic rings. The molecule has 16 heteroatoms. The van der Waals surface area contributed by atoms with Crippen LogP contribution in [0.4, 0.5) is 0 Å². The Balaban J connectivity index is 0.000000174. The number of nitrogens with zero attached hydrogens (tertiary/aromatic N) is 12. The summed E-state index contributed by atoms with van der Waals surface area (Å²) in [7, 11) is 0. The second-order valence-corrected chi connectivity index (χ2v) is 31.0. The van der Waals surface area contributed by atoms with Crippen LogP contribution in [-0.4, -0.2) is 59.8 Å². The molecule has 0 N–H and O–H groups in total. The van der Waals surface area contributed by atoms with Gasteiger partial charge in [-0.25, -0.2) is 0 Å². The molecule has 0 unspecified atom stereocenters. The maximum Gasteiger partial charge on any atom is 0.0720 e. The second kappa shape index (κ2) is 56.9. The van der Waals surface area contributed by atoms with E-state index in [1.54, 1.807) is 18.6 Å². The van der Waals surface area contributed by atoms with Gasteiger partial charge in [0.1, 0.15) is 0 Å². The first kappa shape index (κ1) is 105. The van der Waals surface area contributed by atoms with Crippen LogP contribution >= 0.6 is 0 Å². The van der Waals surface area contributed by atoms with Gasteiger partial charge in [-0.3, -0.25) is 19.9 Å². The van der Waals surface area contributed by atoms with Crippen LogP contribution in [-0.2, 0) is 86.8 Å². The van der Waals surface area contributed by atoms with E-state index in [0.717, 1.165) is 153 Å². The van der Waals surface area contributed by atoms with Crippen LogP contribution in [0.2, 0.25) is 0 Å². The summed E-state index contributed by atoms with van der Waals surface area (Å²) in [5, 5.41) is 0. The summed E-state index contributed by atoms with van der Waals surface area (Å²) in [5.74, 6) is 1.04. The molecule has 0 spiro atoms. The van der Waals surface area contributed by atoms with Gasteiger partial charge < -0.3 is 39.9 Å². The fraction of sp³-hybridized carbons (Fsp3) is 0.0924. The fourth-order valence-electron chi connectivity index (χ4n) is 13.0. The fourth-order valence-corrected chi connectivity index (χ4v) is 13.0. The van der Waals surface area contributed by atoms with Crippen molar-refractivity contribution in [2.24, 2.45) is 5.92 Å². The number of aromatic nitrogens is 12. The summed E-state index contributed by atoms with van der Waals surface area (Å²) in [6, 6.07) is 141. The van der Waals surface area contributed by atoms with Gasteiger partial charge in [0.15, 0.2) is 0 Å². The predicted octanol–water partition coefficient (Wildman–Crippen LogP) is 28.2. The molecule has 0 atom stereocenters. The van der Waals surface area contributed by atoms with E-state index in [9.17, 15) is 0 Å². The van der Waals surface area contributed by atoms with Crippen LogP contribution in [0, 0.1) is 82.1 Å². The summed E-state index contributed by atoms with van der Waals surface area (Å²) in [6.07, 6.45) is 23.2. The van der Waals surface area contributed by atoms with Gasteiger partial charge >= 0.3 is 0 Å². The summed E-state index contributed by atoms with van der Waals surface area (Å²) in [4.78, 5) is 52.8. The molecule has 0 amide bonds. The Bertz CT molecular complexity index is 6090. The maximum atomic E-state index is 4.74. The molecule has 0 aliphatic rings. The number of rotatable bonds is 15. The monoisotopic (exact) mass is 2470 g/mol. The van der Waals surface area contributed by atoms with Crippen molar-refractivity contribution in [2.75, 3.05) is 0 Å². The molecular formula is C119H98Ir4N12-8. The zero-order valence-electron chi connectivity index (χ0n) is 76.0. The van der Waals surface area contributed by atoms with Crippen molar-refractivity contribution in [1.82, 2.24) is 59.8 Å². The number of pyridine rings is 12. The van der Waals surface area contributed by atoms with Crippen molar-refractivity contribution in [3.8, 4) is 135 Å². The number of benzene rings is 8. The third-order valence-electron chi connectivity index (χ3n) is 20.0. The van der Waals surface area contributed by atoms with Crippen molar-refractivity contribution < 1.29 is 80.4 Å². The Morgan fingerprint density at radius 2 is 0.481 bits per heavy atom. The molecule has 135 heavy (non-hydrogen) atoms. The van der Waals surface area contributed by atoms with Gasteiger partial charge in [-0.1, -0.05) is 143 Å². The van der Waals surface area contributed by atoms with E-state index in [1.165, 1.54) is 22.3 Å². The average Bonchev–Trinajstić information content (AvgIpc) is 0.854. The molecule has 0 aliphatic heterocycles. The predicted molar refractivity (Wildman–Crippen MR) is 533 cm³/mol. The quantitative estimate of drug-likeness (QED) is 0.0897. The SMILES string of the molecule is CC(C)Cc1cccc(-c2ccc(-c3[c-]cccc3)nc2)n1.CC(C)c1cccc(-c2ccc(-c3[c-]cccc3)nc2)n1.Cc1ccc(-c2[c-]cccc2)nc1.Cc1ccc(-c2[c-]cccc2)nc1.Cc1ccc(-c2[c-]cccc2)nc1.Cc1ccc(-c2[c-]cccc2)nc1.[Ir].[Ir].[Ir].[Ir].[c-]1ccccc1-c1ccc(-c2cccnc2)cn1.[c-]1ccccc1-c1ccc(-c2ccncc2)cn1. The zero-order valence-corrected chi connectivity index (χ0v) is 85.6. The van der Waals surface area contributed by atoms with E-state index in [-0.39, 0.29) is 80.4 Å². The van der Waals surface area contributed by atoms with Crippen molar-refractivity contribution in [3.05, 3.63) is 508 Å². The smallest absolute Gasteiger partial charge is 0.0720 e. The van der Waals surface area contributed by atoms with Crippen LogP contribution in [0.5, 0.6) is 0 Å². The molecule has 0 fully saturated rings. The first-order valence-corrected chi connectivity index (χ1v) is 43.3. The Hall–Kier alpha value is -13.8. The van der Waals surface area contributed by atoms with Gasteiger partial charge in [-0.2, -0.15) is 0 Å². The second-order valence-electron chi connectivity index (χ2n) is 31.0. The molecule has 678 valence electrons. The first-order chi connectivity index (χ1) is 64.3. The molecule has 0 saturated carbocycles. The van der Waals surface area contributed by atoms with E-state index in [0.29, 0.717) is 11.8 Å². The third kappa shape index (κ3) is 34.0. The molecule has 12 nitrogen and oxygen atoms in total. The number of hydrogen-bond donors (Lipinski definition) is 0. The summed E-state index contributed by atoms with van der Waals surface area (Å²) in [5.41, 5.74) is 31.2. The van der Waals surface area contributed by atoms with Crippen LogP contribution < -0.4 is 0 Å². The van der Waals surface area contributed by atoms with Crippen molar-refractivity contribution >= 4 is 0 Å². The molecule has 8 aromatic carbocycles. The summed E-state index contributed by atoms with van der Waals surface area (Å²) in [6.45, 7) is 16.9. The van der Waals surface area contributed by atoms with Crippen LogP contribution in [0.1, 0.15) is 67.3 Å². The molecule has 20 rings (SSSR count). The Morgan fingerprint density at radius 1 is 0.207 bits per heavy atom. The zero-order chi connectivity index (χ0) is 90.8. The van der Waals surface area contributed by atoms with Gasteiger partial charge in [-0.15, -0.1) is 287 Å². The number of hydrogen-bond acceptors (Lipinski definition) is 12. The van der Waals surface area contributed by atoms with Crippen molar-refractivity contribution in [2.45, 2.75) is 67.7 Å². The van der Waals surface area contributed by atoms with Crippen LogP contribution in [0.25, 0.3) is 135 Å². The molecule has 0 saturated heterocycles. The van der Waals surface area contributed by atoms with Crippen LogP contribution in [0.3, 0.4) is 0 Å². The minimum Gasteiger partial charge on any atom is -0.304 e. The van der Waals surface area contributed by atoms with E-state index in [4.69, 9.17) is 9.97 Å². The molecule has 12 aromatic heterocycles. The Labute approximate surface area is 849 Å². The average molecular weight is 2470 g/mol. The van der Waals surface area contributed by atoms with Gasteiger partial charge in [0.2, 0.25) is 0 Å². The van der Waals surface area contributed by atoms with Gasteiger partial charge in [0.25, 0.3) is 0 Å². The molecule has 4 radical (unpaired) electrons. The van der Waals surface area contributed by atoms with E-state index < -0.39 is 0 Å². The standard InChI is InChI=1S/C20H19N2.C19H17N2.2C16H11N2.4C12H10N.4Ir/c1-15(2)13-18-9-6-10-20(22-18)17-11-12-19(21-14-17)16-7-4-3-5-8-16;1-14(2)17-9-6-10-19(21-17)16-11-12-18(20-13-16)15-7-4-3-5-8-15;1-2-5-13(6-3-1)16-9-8-15(12-18-16)14-7-4-10-17-11-14;1-2-4-14(5-3-1)16-7-6-15(12-18-16)13-8-10-17-11-9-13;4*1-10-7-8-12(13-9-10)11-5-3-2-4-6-11;;;;/h3-7,9-12,14-15H,13H2,1-2H3;3-7,9-14H,1-2H3;1-5,7-12H;1-4,6-12H;4*2-5,7-9H,1H3;;;;/q8*-1;;;;. The molecule has 0 aliphatic carbocycles. The van der Waals surface area contributed by atoms with Gasteiger partial charge in [0, 0.05) is 183 Å². The minimum atomic E-state index is 0. The van der Waals surface area contributed by atoms with E-state index in [2.05, 4.69) is 199 Å². The Kier molecular flexibility index (Phi) is 44.2. The Morgan fingerprint density at radius 3 is 0.733 bits per heavy atom. The normalized spacial score (nSPS) is 10.0. The van der Waals surface area contributed by atoms with E-state index in [1.807, 2.05) is 363 Å². The third-order valence-corrected chi connectivity index (χ3v) is 20.0. The molecule has 12 heterocycles. The largest absolute Gasteiger partial charge is 0.304 e. The van der Waals surface area contributed by atoms with Crippen molar-refractivity contribution in [1.29, 1.82) is 0 Å². The van der Waals surface area contributed by atoms with Crippen LogP contribution in [0.15, 0.2) is 426 Å².